The molecule has 29 heavy (non-hydrogen) atoms. The van der Waals surface area contributed by atoms with E-state index in [4.69, 9.17) is 9.47 Å². The minimum absolute atomic E-state index is 0.104. The van der Waals surface area contributed by atoms with Crippen LogP contribution in [0.2, 0.25) is 0 Å². The Hall–Kier alpha value is -3.38. The van der Waals surface area contributed by atoms with Gasteiger partial charge < -0.3 is 14.5 Å². The lowest BCUT2D eigenvalue weighted by Gasteiger charge is -2.15. The molecule has 0 bridgehead atoms. The standard InChI is InChI=1S/C23H23N3O3/c1-16(2)28-20-10-8-19(9-11-20)22-25-21(23(27)29-22)12-18-13-24-26(15-18)14-17-6-4-3-5-7-17/h3-12,15-16,24H,13-14H2,1-2H3/b21-12-. The molecule has 6 heteroatoms. The Morgan fingerprint density at radius 2 is 1.93 bits per heavy atom. The van der Waals surface area contributed by atoms with Crippen molar-refractivity contribution in [2.45, 2.75) is 26.5 Å². The highest BCUT2D eigenvalue weighted by molar-refractivity contribution is 6.11. The van der Waals surface area contributed by atoms with Gasteiger partial charge in [-0.05, 0) is 55.3 Å². The zero-order chi connectivity index (χ0) is 20.2. The van der Waals surface area contributed by atoms with Crippen molar-refractivity contribution in [1.82, 2.24) is 10.4 Å². The van der Waals surface area contributed by atoms with Gasteiger partial charge in [-0.1, -0.05) is 30.3 Å². The smallest absolute Gasteiger partial charge is 0.363 e. The van der Waals surface area contributed by atoms with Crippen molar-refractivity contribution in [1.29, 1.82) is 0 Å². The van der Waals surface area contributed by atoms with E-state index in [1.165, 1.54) is 5.56 Å². The lowest BCUT2D eigenvalue weighted by Crippen LogP contribution is -2.28. The van der Waals surface area contributed by atoms with E-state index in [1.807, 2.05) is 67.5 Å². The Morgan fingerprint density at radius 1 is 1.17 bits per heavy atom. The molecule has 0 saturated heterocycles. The molecule has 0 fully saturated rings. The first-order valence-corrected chi connectivity index (χ1v) is 9.61. The number of cyclic esters (lactones) is 1. The predicted molar refractivity (Wildman–Crippen MR) is 111 cm³/mol. The third-order valence-corrected chi connectivity index (χ3v) is 4.42. The topological polar surface area (TPSA) is 63.2 Å². The molecular weight excluding hydrogens is 366 g/mol. The van der Waals surface area contributed by atoms with Gasteiger partial charge >= 0.3 is 5.97 Å². The van der Waals surface area contributed by atoms with Crippen molar-refractivity contribution in [3.05, 3.63) is 89.3 Å². The van der Waals surface area contributed by atoms with E-state index in [0.29, 0.717) is 18.1 Å². The van der Waals surface area contributed by atoms with Gasteiger partial charge in [-0.15, -0.1) is 0 Å². The molecule has 2 aromatic carbocycles. The largest absolute Gasteiger partial charge is 0.491 e. The van der Waals surface area contributed by atoms with E-state index < -0.39 is 5.97 Å². The van der Waals surface area contributed by atoms with Crippen LogP contribution in [0.3, 0.4) is 0 Å². The number of esters is 1. The summed E-state index contributed by atoms with van der Waals surface area (Å²) in [6.07, 6.45) is 3.86. The second-order valence-corrected chi connectivity index (χ2v) is 7.18. The molecule has 1 N–H and O–H groups in total. The molecule has 0 saturated carbocycles. The van der Waals surface area contributed by atoms with Crippen molar-refractivity contribution in [2.24, 2.45) is 4.99 Å². The fourth-order valence-corrected chi connectivity index (χ4v) is 3.11. The van der Waals surface area contributed by atoms with Gasteiger partial charge in [-0.3, -0.25) is 0 Å². The van der Waals surface area contributed by atoms with E-state index in [1.54, 1.807) is 6.08 Å². The minimum Gasteiger partial charge on any atom is -0.491 e. The van der Waals surface area contributed by atoms with Gasteiger partial charge in [0, 0.05) is 18.3 Å². The Bertz CT molecular complexity index is 976. The summed E-state index contributed by atoms with van der Waals surface area (Å²) in [5.74, 6) is 0.639. The second kappa shape index (κ2) is 8.32. The molecule has 2 aromatic rings. The number of nitrogens with one attached hydrogen (secondary N) is 1. The van der Waals surface area contributed by atoms with E-state index in [2.05, 4.69) is 22.6 Å². The molecule has 0 unspecified atom stereocenters. The summed E-state index contributed by atoms with van der Waals surface area (Å²) < 4.78 is 11.0. The van der Waals surface area contributed by atoms with Crippen molar-refractivity contribution in [3.8, 4) is 5.75 Å². The Balaban J connectivity index is 1.46. The molecule has 2 aliphatic rings. The van der Waals surface area contributed by atoms with Crippen LogP contribution < -0.4 is 10.2 Å². The minimum atomic E-state index is -0.440. The van der Waals surface area contributed by atoms with Crippen LogP contribution in [0.4, 0.5) is 0 Å². The van der Waals surface area contributed by atoms with Crippen molar-refractivity contribution >= 4 is 11.9 Å². The Labute approximate surface area is 170 Å². The van der Waals surface area contributed by atoms with Crippen LogP contribution in [0.5, 0.6) is 5.75 Å². The summed E-state index contributed by atoms with van der Waals surface area (Å²) in [7, 11) is 0. The fraction of sp³-hybridized carbons (Fsp3) is 0.217. The molecule has 2 heterocycles. The van der Waals surface area contributed by atoms with E-state index in [0.717, 1.165) is 23.4 Å². The van der Waals surface area contributed by atoms with Crippen LogP contribution >= 0.6 is 0 Å². The molecule has 0 amide bonds. The number of carbonyl (C=O) groups is 1. The Kier molecular flexibility index (Phi) is 5.44. The first-order valence-electron chi connectivity index (χ1n) is 9.61. The number of carbonyl (C=O) groups excluding carboxylic acids is 1. The highest BCUT2D eigenvalue weighted by atomic mass is 16.6. The SMILES string of the molecule is CC(C)Oc1ccc(C2=N/C(=C\C3=CN(Cc4ccccc4)NC3)C(=O)O2)cc1. The molecule has 148 valence electrons. The van der Waals surface area contributed by atoms with Crippen molar-refractivity contribution < 1.29 is 14.3 Å². The number of ether oxygens (including phenoxy) is 2. The summed E-state index contributed by atoms with van der Waals surface area (Å²) >= 11 is 0. The highest BCUT2D eigenvalue weighted by Crippen LogP contribution is 2.21. The van der Waals surface area contributed by atoms with Crippen LogP contribution in [0.25, 0.3) is 0 Å². The highest BCUT2D eigenvalue weighted by Gasteiger charge is 2.25. The van der Waals surface area contributed by atoms with E-state index in [-0.39, 0.29) is 6.10 Å². The van der Waals surface area contributed by atoms with Crippen molar-refractivity contribution in [2.75, 3.05) is 6.54 Å². The van der Waals surface area contributed by atoms with Crippen LogP contribution in [0.1, 0.15) is 25.0 Å². The molecule has 4 rings (SSSR count). The normalized spacial score (nSPS) is 17.6. The lowest BCUT2D eigenvalue weighted by atomic mass is 10.2. The van der Waals surface area contributed by atoms with Gasteiger partial charge in [-0.2, -0.15) is 0 Å². The van der Waals surface area contributed by atoms with Gasteiger partial charge in [0.2, 0.25) is 5.90 Å². The number of hydrogen-bond acceptors (Lipinski definition) is 6. The second-order valence-electron chi connectivity index (χ2n) is 7.18. The number of nitrogens with zero attached hydrogens (tertiary/aromatic N) is 2. The first-order chi connectivity index (χ1) is 14.1. The maximum Gasteiger partial charge on any atom is 0.363 e. The molecule has 0 aliphatic carbocycles. The van der Waals surface area contributed by atoms with E-state index in [9.17, 15) is 4.79 Å². The number of hydrogen-bond donors (Lipinski definition) is 1. The summed E-state index contributed by atoms with van der Waals surface area (Å²) in [4.78, 5) is 16.6. The molecule has 0 atom stereocenters. The predicted octanol–water partition coefficient (Wildman–Crippen LogP) is 3.57. The summed E-state index contributed by atoms with van der Waals surface area (Å²) in [5, 5.41) is 2.00. The zero-order valence-electron chi connectivity index (χ0n) is 16.5. The monoisotopic (exact) mass is 389 g/mol. The molecule has 0 radical (unpaired) electrons. The third-order valence-electron chi connectivity index (χ3n) is 4.42. The first kappa shape index (κ1) is 19.0. The average molecular weight is 389 g/mol. The lowest BCUT2D eigenvalue weighted by molar-refractivity contribution is -0.130. The maximum absolute atomic E-state index is 12.2. The van der Waals surface area contributed by atoms with Crippen LogP contribution in [0.15, 0.2) is 83.1 Å². The molecule has 0 spiro atoms. The fourth-order valence-electron chi connectivity index (χ4n) is 3.11. The maximum atomic E-state index is 12.2. The molecule has 6 nitrogen and oxygen atoms in total. The summed E-state index contributed by atoms with van der Waals surface area (Å²) in [6.45, 7) is 5.33. The number of hydrazine groups is 1. The Morgan fingerprint density at radius 3 is 2.66 bits per heavy atom. The molecule has 0 aromatic heterocycles. The number of aliphatic imine (C=N–C) groups is 1. The molecular formula is C23H23N3O3. The zero-order valence-corrected chi connectivity index (χ0v) is 16.5. The quantitative estimate of drug-likeness (QED) is 0.605. The van der Waals surface area contributed by atoms with Gasteiger partial charge in [0.1, 0.15) is 5.75 Å². The van der Waals surface area contributed by atoms with Crippen LogP contribution in [-0.4, -0.2) is 29.5 Å². The molecule has 2 aliphatic heterocycles. The van der Waals surface area contributed by atoms with Crippen LogP contribution in [-0.2, 0) is 16.1 Å². The van der Waals surface area contributed by atoms with Gasteiger partial charge in [0.15, 0.2) is 5.70 Å². The van der Waals surface area contributed by atoms with Crippen molar-refractivity contribution in [3.63, 3.8) is 0 Å². The van der Waals surface area contributed by atoms with Gasteiger partial charge in [-0.25, -0.2) is 15.2 Å². The summed E-state index contributed by atoms with van der Waals surface area (Å²) in [5.41, 5.74) is 6.51. The number of rotatable bonds is 6. The van der Waals surface area contributed by atoms with E-state index >= 15 is 0 Å². The average Bonchev–Trinajstić information content (AvgIpc) is 3.29. The van der Waals surface area contributed by atoms with Gasteiger partial charge in [0.25, 0.3) is 0 Å². The van der Waals surface area contributed by atoms with Crippen LogP contribution in [0, 0.1) is 0 Å². The third kappa shape index (κ3) is 4.73. The number of benzene rings is 2. The van der Waals surface area contributed by atoms with Gasteiger partial charge in [0.05, 0.1) is 12.6 Å². The summed E-state index contributed by atoms with van der Waals surface area (Å²) in [6, 6.07) is 17.6.